The molecule has 0 radical (unpaired) electrons. The molecule has 1 saturated heterocycles. The predicted molar refractivity (Wildman–Crippen MR) is 60.0 cm³/mol. The first-order valence-corrected chi connectivity index (χ1v) is 5.63. The number of allylic oxidation sites excluding steroid dienone is 3. The first kappa shape index (κ1) is 11.3. The number of carbonyl (C=O) groups excluding carboxylic acids is 1. The Bertz CT molecular complexity index is 360. The molecule has 3 nitrogen and oxygen atoms in total. The van der Waals surface area contributed by atoms with Gasteiger partial charge in [0.15, 0.2) is 0 Å². The molecule has 0 spiro atoms. The smallest absolute Gasteiger partial charge is 0.243 e. The summed E-state index contributed by atoms with van der Waals surface area (Å²) in [4.78, 5) is 11.8. The molecule has 0 aromatic heterocycles. The quantitative estimate of drug-likeness (QED) is 0.544. The summed E-state index contributed by atoms with van der Waals surface area (Å²) in [5.41, 5.74) is -0.464. The monoisotopic (exact) mass is 224 g/mol. The minimum atomic E-state index is -1.33. The van der Waals surface area contributed by atoms with Gasteiger partial charge in [-0.2, -0.15) is 0 Å². The van der Waals surface area contributed by atoms with E-state index >= 15 is 0 Å². The standard InChI is InChI=1S/C12H17FN2O/c1-12(13)6-2-4-9(8-12)10-5-3-7-15(14)11(10)16/h2,4,6,10H,3,5,7-8,14H2,1H3. The molecule has 1 aliphatic heterocycles. The zero-order chi connectivity index (χ0) is 11.8. The number of nitrogens with zero attached hydrogens (tertiary/aromatic N) is 1. The molecule has 0 aromatic rings. The molecule has 88 valence electrons. The molecule has 2 atom stereocenters. The molecule has 1 fully saturated rings. The third kappa shape index (κ3) is 2.16. The Labute approximate surface area is 94.8 Å². The summed E-state index contributed by atoms with van der Waals surface area (Å²) in [6, 6.07) is 0. The van der Waals surface area contributed by atoms with Gasteiger partial charge in [0, 0.05) is 13.0 Å². The summed E-state index contributed by atoms with van der Waals surface area (Å²) >= 11 is 0. The van der Waals surface area contributed by atoms with Crippen LogP contribution in [0, 0.1) is 5.92 Å². The number of hydrazine groups is 1. The number of halogens is 1. The Morgan fingerprint density at radius 1 is 1.62 bits per heavy atom. The van der Waals surface area contributed by atoms with Gasteiger partial charge in [-0.25, -0.2) is 10.2 Å². The highest BCUT2D eigenvalue weighted by molar-refractivity contribution is 5.82. The number of hydrogen-bond acceptors (Lipinski definition) is 2. The molecule has 1 aliphatic carbocycles. The fraction of sp³-hybridized carbons (Fsp3) is 0.583. The van der Waals surface area contributed by atoms with Crippen LogP contribution in [0.25, 0.3) is 0 Å². The van der Waals surface area contributed by atoms with Crippen molar-refractivity contribution in [2.45, 2.75) is 31.9 Å². The fourth-order valence-corrected chi connectivity index (χ4v) is 2.37. The van der Waals surface area contributed by atoms with Crippen molar-refractivity contribution < 1.29 is 9.18 Å². The van der Waals surface area contributed by atoms with E-state index in [1.54, 1.807) is 6.08 Å². The highest BCUT2D eigenvalue weighted by Gasteiger charge is 2.34. The third-order valence-corrected chi connectivity index (χ3v) is 3.22. The molecule has 2 unspecified atom stereocenters. The number of carbonyl (C=O) groups is 1. The van der Waals surface area contributed by atoms with Crippen LogP contribution in [0.2, 0.25) is 0 Å². The summed E-state index contributed by atoms with van der Waals surface area (Å²) < 4.78 is 13.8. The van der Waals surface area contributed by atoms with Crippen LogP contribution in [0.15, 0.2) is 23.8 Å². The third-order valence-electron chi connectivity index (χ3n) is 3.22. The average Bonchev–Trinajstić information content (AvgIpc) is 2.20. The molecule has 2 N–H and O–H groups in total. The topological polar surface area (TPSA) is 46.3 Å². The Morgan fingerprint density at radius 3 is 3.06 bits per heavy atom. The van der Waals surface area contributed by atoms with Crippen LogP contribution in [0.4, 0.5) is 4.39 Å². The Kier molecular flexibility index (Phi) is 2.84. The molecule has 1 heterocycles. The van der Waals surface area contributed by atoms with Crippen molar-refractivity contribution in [3.63, 3.8) is 0 Å². The van der Waals surface area contributed by atoms with Crippen molar-refractivity contribution in [2.75, 3.05) is 6.54 Å². The maximum absolute atomic E-state index is 13.8. The highest BCUT2D eigenvalue weighted by atomic mass is 19.1. The van der Waals surface area contributed by atoms with Crippen molar-refractivity contribution in [3.8, 4) is 0 Å². The van der Waals surface area contributed by atoms with Crippen LogP contribution in [0.1, 0.15) is 26.2 Å². The maximum atomic E-state index is 13.8. The van der Waals surface area contributed by atoms with Crippen LogP contribution >= 0.6 is 0 Å². The molecule has 1 amide bonds. The fourth-order valence-electron chi connectivity index (χ4n) is 2.37. The van der Waals surface area contributed by atoms with E-state index in [0.717, 1.165) is 18.4 Å². The van der Waals surface area contributed by atoms with Gasteiger partial charge in [0.1, 0.15) is 5.67 Å². The van der Waals surface area contributed by atoms with Crippen LogP contribution in [0.5, 0.6) is 0 Å². The lowest BCUT2D eigenvalue weighted by atomic mass is 9.81. The van der Waals surface area contributed by atoms with Crippen molar-refractivity contribution >= 4 is 5.91 Å². The zero-order valence-electron chi connectivity index (χ0n) is 9.45. The molecule has 2 aliphatic rings. The number of amides is 1. The summed E-state index contributed by atoms with van der Waals surface area (Å²) in [6.07, 6.45) is 7.04. The van der Waals surface area contributed by atoms with E-state index in [1.165, 1.54) is 18.0 Å². The second-order valence-corrected chi connectivity index (χ2v) is 4.78. The average molecular weight is 224 g/mol. The molecular weight excluding hydrogens is 207 g/mol. The van der Waals surface area contributed by atoms with Gasteiger partial charge in [-0.15, -0.1) is 0 Å². The van der Waals surface area contributed by atoms with Gasteiger partial charge in [0.2, 0.25) is 5.91 Å². The molecule has 16 heavy (non-hydrogen) atoms. The number of rotatable bonds is 1. The zero-order valence-corrected chi connectivity index (χ0v) is 9.45. The molecule has 0 aromatic carbocycles. The predicted octanol–water partition coefficient (Wildman–Crippen LogP) is 1.71. The van der Waals surface area contributed by atoms with Gasteiger partial charge in [-0.3, -0.25) is 9.80 Å². The molecular formula is C12H17FN2O. The van der Waals surface area contributed by atoms with Gasteiger partial charge in [-0.1, -0.05) is 17.7 Å². The van der Waals surface area contributed by atoms with Crippen LogP contribution < -0.4 is 5.84 Å². The largest absolute Gasteiger partial charge is 0.280 e. The van der Waals surface area contributed by atoms with Gasteiger partial charge in [-0.05, 0) is 25.8 Å². The number of nitrogens with two attached hydrogens (primary N) is 1. The lowest BCUT2D eigenvalue weighted by Crippen LogP contribution is -2.46. The SMILES string of the molecule is CC1(F)C=CC=C(C2CCCN(N)C2=O)C1. The summed E-state index contributed by atoms with van der Waals surface area (Å²) in [5, 5.41) is 1.25. The Hall–Kier alpha value is -1.16. The van der Waals surface area contributed by atoms with E-state index in [9.17, 15) is 9.18 Å². The molecule has 0 bridgehead atoms. The highest BCUT2D eigenvalue weighted by Crippen LogP contribution is 2.34. The Balaban J connectivity index is 2.16. The summed E-state index contributed by atoms with van der Waals surface area (Å²) in [7, 11) is 0. The molecule has 4 heteroatoms. The lowest BCUT2D eigenvalue weighted by Gasteiger charge is -2.32. The van der Waals surface area contributed by atoms with E-state index in [-0.39, 0.29) is 11.8 Å². The van der Waals surface area contributed by atoms with Crippen molar-refractivity contribution in [1.82, 2.24) is 5.01 Å². The first-order valence-electron chi connectivity index (χ1n) is 5.63. The van der Waals surface area contributed by atoms with Gasteiger partial charge in [0.25, 0.3) is 0 Å². The summed E-state index contributed by atoms with van der Waals surface area (Å²) in [6.45, 7) is 2.13. The van der Waals surface area contributed by atoms with E-state index < -0.39 is 5.67 Å². The Morgan fingerprint density at radius 2 is 2.38 bits per heavy atom. The maximum Gasteiger partial charge on any atom is 0.243 e. The second-order valence-electron chi connectivity index (χ2n) is 4.78. The lowest BCUT2D eigenvalue weighted by molar-refractivity contribution is -0.137. The minimum Gasteiger partial charge on any atom is -0.280 e. The van der Waals surface area contributed by atoms with Gasteiger partial charge in [0.05, 0.1) is 5.92 Å². The van der Waals surface area contributed by atoms with Crippen molar-refractivity contribution in [3.05, 3.63) is 23.8 Å². The summed E-state index contributed by atoms with van der Waals surface area (Å²) in [5.74, 6) is 5.28. The molecule has 0 saturated carbocycles. The van der Waals surface area contributed by atoms with Crippen molar-refractivity contribution in [1.29, 1.82) is 0 Å². The van der Waals surface area contributed by atoms with E-state index in [0.29, 0.717) is 13.0 Å². The van der Waals surface area contributed by atoms with E-state index in [1.807, 2.05) is 6.08 Å². The first-order chi connectivity index (χ1) is 7.49. The molecule has 2 rings (SSSR count). The minimum absolute atomic E-state index is 0.0800. The number of hydrogen-bond donors (Lipinski definition) is 1. The number of alkyl halides is 1. The van der Waals surface area contributed by atoms with Gasteiger partial charge < -0.3 is 0 Å². The number of piperidine rings is 1. The van der Waals surface area contributed by atoms with E-state index in [4.69, 9.17) is 5.84 Å². The van der Waals surface area contributed by atoms with Crippen LogP contribution in [-0.4, -0.2) is 23.1 Å². The normalized spacial score (nSPS) is 35.2. The van der Waals surface area contributed by atoms with Crippen molar-refractivity contribution in [2.24, 2.45) is 11.8 Å². The van der Waals surface area contributed by atoms with Gasteiger partial charge >= 0.3 is 0 Å². The second kappa shape index (κ2) is 4.01. The van der Waals surface area contributed by atoms with E-state index in [2.05, 4.69) is 0 Å². The van der Waals surface area contributed by atoms with Crippen LogP contribution in [0.3, 0.4) is 0 Å². The van der Waals surface area contributed by atoms with Crippen LogP contribution in [-0.2, 0) is 4.79 Å².